The Kier molecular flexibility index (Phi) is 3.77. The Labute approximate surface area is 106 Å². The maximum atomic E-state index is 12.2. The molecule has 0 aromatic heterocycles. The first-order valence-corrected chi connectivity index (χ1v) is 6.17. The summed E-state index contributed by atoms with van der Waals surface area (Å²) in [6.45, 7) is 4.15. The van der Waals surface area contributed by atoms with Gasteiger partial charge in [0, 0.05) is 5.56 Å². The van der Waals surface area contributed by atoms with Gasteiger partial charge in [0.15, 0.2) is 5.78 Å². The van der Waals surface area contributed by atoms with Crippen LogP contribution in [0.15, 0.2) is 18.2 Å². The van der Waals surface area contributed by atoms with E-state index in [0.29, 0.717) is 12.1 Å². The molecule has 0 radical (unpaired) electrons. The van der Waals surface area contributed by atoms with E-state index in [9.17, 15) is 9.59 Å². The second-order valence-corrected chi connectivity index (χ2v) is 4.74. The van der Waals surface area contributed by atoms with Crippen molar-refractivity contribution in [1.82, 2.24) is 4.90 Å². The molecule has 0 atom stereocenters. The van der Waals surface area contributed by atoms with Crippen LogP contribution in [-0.4, -0.2) is 41.4 Å². The number of ketones is 1. The number of aromatic carboxylic acids is 1. The third kappa shape index (κ3) is 2.76. The lowest BCUT2D eigenvalue weighted by Crippen LogP contribution is -2.27. The molecular weight excluding hydrogens is 230 g/mol. The van der Waals surface area contributed by atoms with Crippen molar-refractivity contribution in [3.63, 3.8) is 0 Å². The Morgan fingerprint density at radius 2 is 1.94 bits per heavy atom. The number of carbonyl (C=O) groups is 2. The molecule has 0 unspecified atom stereocenters. The lowest BCUT2D eigenvalue weighted by Gasteiger charge is -2.14. The molecule has 0 aliphatic carbocycles. The van der Waals surface area contributed by atoms with Gasteiger partial charge in [0.1, 0.15) is 0 Å². The number of hydrogen-bond acceptors (Lipinski definition) is 3. The van der Waals surface area contributed by atoms with Crippen LogP contribution in [-0.2, 0) is 0 Å². The van der Waals surface area contributed by atoms with Gasteiger partial charge in [-0.1, -0.05) is 6.07 Å². The second-order valence-electron chi connectivity index (χ2n) is 4.74. The highest BCUT2D eigenvalue weighted by Crippen LogP contribution is 2.14. The lowest BCUT2D eigenvalue weighted by atomic mass is 10.0. The maximum Gasteiger partial charge on any atom is 0.335 e. The molecule has 1 saturated heterocycles. The maximum absolute atomic E-state index is 12.2. The summed E-state index contributed by atoms with van der Waals surface area (Å²) in [5.41, 5.74) is 1.54. The van der Waals surface area contributed by atoms with Gasteiger partial charge in [0.05, 0.1) is 12.1 Å². The Hall–Kier alpha value is -1.68. The number of carboxylic acid groups (broad SMARTS) is 1. The number of carbonyl (C=O) groups excluding carboxylic acids is 1. The van der Waals surface area contributed by atoms with Crippen molar-refractivity contribution in [1.29, 1.82) is 0 Å². The van der Waals surface area contributed by atoms with Crippen LogP contribution in [0.25, 0.3) is 0 Å². The summed E-state index contributed by atoms with van der Waals surface area (Å²) in [6.07, 6.45) is 2.28. The van der Waals surface area contributed by atoms with Crippen molar-refractivity contribution in [2.75, 3.05) is 19.6 Å². The number of likely N-dealkylation sites (tertiary alicyclic amines) is 1. The molecule has 4 heteroatoms. The standard InChI is InChI=1S/C14H17NO3/c1-10-4-5-11(14(17)18)8-12(10)13(16)9-15-6-2-3-7-15/h4-5,8H,2-3,6-7,9H2,1H3,(H,17,18). The van der Waals surface area contributed by atoms with Crippen LogP contribution >= 0.6 is 0 Å². The predicted octanol–water partition coefficient (Wildman–Crippen LogP) is 1.97. The Bertz CT molecular complexity index is 476. The van der Waals surface area contributed by atoms with Crippen molar-refractivity contribution in [2.24, 2.45) is 0 Å². The highest BCUT2D eigenvalue weighted by molar-refractivity contribution is 6.01. The molecule has 1 fully saturated rings. The monoisotopic (exact) mass is 247 g/mol. The third-order valence-electron chi connectivity index (χ3n) is 3.35. The molecule has 2 rings (SSSR count). The largest absolute Gasteiger partial charge is 0.478 e. The molecule has 1 aliphatic rings. The summed E-state index contributed by atoms with van der Waals surface area (Å²) >= 11 is 0. The summed E-state index contributed by atoms with van der Waals surface area (Å²) in [6, 6.07) is 4.71. The summed E-state index contributed by atoms with van der Waals surface area (Å²) in [4.78, 5) is 25.2. The van der Waals surface area contributed by atoms with Gasteiger partial charge >= 0.3 is 5.97 Å². The molecular formula is C14H17NO3. The Morgan fingerprint density at radius 1 is 1.28 bits per heavy atom. The molecule has 0 saturated carbocycles. The molecule has 1 aromatic rings. The first-order chi connectivity index (χ1) is 8.58. The van der Waals surface area contributed by atoms with Gasteiger partial charge in [0.25, 0.3) is 0 Å². The molecule has 0 bridgehead atoms. The number of rotatable bonds is 4. The number of aryl methyl sites for hydroxylation is 1. The minimum absolute atomic E-state index is 0.0116. The smallest absolute Gasteiger partial charge is 0.335 e. The fraction of sp³-hybridized carbons (Fsp3) is 0.429. The van der Waals surface area contributed by atoms with E-state index in [-0.39, 0.29) is 11.3 Å². The first kappa shape index (κ1) is 12.8. The Morgan fingerprint density at radius 3 is 2.56 bits per heavy atom. The van der Waals surface area contributed by atoms with Crippen LogP contribution in [0.1, 0.15) is 39.1 Å². The number of nitrogens with zero attached hydrogens (tertiary/aromatic N) is 1. The zero-order chi connectivity index (χ0) is 13.1. The predicted molar refractivity (Wildman–Crippen MR) is 68.1 cm³/mol. The van der Waals surface area contributed by atoms with E-state index in [0.717, 1.165) is 31.5 Å². The van der Waals surface area contributed by atoms with E-state index >= 15 is 0 Å². The average Bonchev–Trinajstić information content (AvgIpc) is 2.81. The number of benzene rings is 1. The van der Waals surface area contributed by atoms with Gasteiger partial charge < -0.3 is 5.11 Å². The van der Waals surface area contributed by atoms with Crippen LogP contribution < -0.4 is 0 Å². The quantitative estimate of drug-likeness (QED) is 0.826. The summed E-state index contributed by atoms with van der Waals surface area (Å²) in [5.74, 6) is -0.984. The zero-order valence-corrected chi connectivity index (χ0v) is 10.5. The van der Waals surface area contributed by atoms with Crippen molar-refractivity contribution >= 4 is 11.8 Å². The van der Waals surface area contributed by atoms with Gasteiger partial charge in [-0.05, 0) is 50.6 Å². The van der Waals surface area contributed by atoms with E-state index in [4.69, 9.17) is 5.11 Å². The summed E-state index contributed by atoms with van der Waals surface area (Å²) < 4.78 is 0. The molecule has 4 nitrogen and oxygen atoms in total. The van der Waals surface area contributed by atoms with Gasteiger partial charge in [-0.25, -0.2) is 4.79 Å². The normalized spacial score (nSPS) is 15.8. The van der Waals surface area contributed by atoms with Crippen LogP contribution in [0.4, 0.5) is 0 Å². The molecule has 1 aliphatic heterocycles. The first-order valence-electron chi connectivity index (χ1n) is 6.17. The van der Waals surface area contributed by atoms with Crippen LogP contribution in [0.3, 0.4) is 0 Å². The highest BCUT2D eigenvalue weighted by atomic mass is 16.4. The Balaban J connectivity index is 2.17. The van der Waals surface area contributed by atoms with Crippen molar-refractivity contribution in [3.8, 4) is 0 Å². The van der Waals surface area contributed by atoms with Crippen LogP contribution in [0.2, 0.25) is 0 Å². The fourth-order valence-electron chi connectivity index (χ4n) is 2.28. The highest BCUT2D eigenvalue weighted by Gasteiger charge is 2.18. The van der Waals surface area contributed by atoms with Gasteiger partial charge in [-0.2, -0.15) is 0 Å². The van der Waals surface area contributed by atoms with Crippen molar-refractivity contribution < 1.29 is 14.7 Å². The van der Waals surface area contributed by atoms with E-state index in [1.807, 2.05) is 6.92 Å². The SMILES string of the molecule is Cc1ccc(C(=O)O)cc1C(=O)CN1CCCC1. The minimum atomic E-state index is -0.995. The van der Waals surface area contributed by atoms with Gasteiger partial charge in [0.2, 0.25) is 0 Å². The summed E-state index contributed by atoms with van der Waals surface area (Å²) in [5, 5.41) is 8.94. The molecule has 1 aromatic carbocycles. The van der Waals surface area contributed by atoms with E-state index in [2.05, 4.69) is 4.90 Å². The lowest BCUT2D eigenvalue weighted by molar-refractivity contribution is 0.0697. The third-order valence-corrected chi connectivity index (χ3v) is 3.35. The molecule has 96 valence electrons. The minimum Gasteiger partial charge on any atom is -0.478 e. The van der Waals surface area contributed by atoms with Crippen LogP contribution in [0.5, 0.6) is 0 Å². The van der Waals surface area contributed by atoms with Crippen LogP contribution in [0, 0.1) is 6.92 Å². The van der Waals surface area contributed by atoms with Crippen molar-refractivity contribution in [2.45, 2.75) is 19.8 Å². The molecule has 1 heterocycles. The second kappa shape index (κ2) is 5.31. The van der Waals surface area contributed by atoms with Gasteiger partial charge in [-0.3, -0.25) is 9.69 Å². The summed E-state index contributed by atoms with van der Waals surface area (Å²) in [7, 11) is 0. The number of Topliss-reactive ketones (excluding diaryl/α,β-unsaturated/α-hetero) is 1. The van der Waals surface area contributed by atoms with E-state index in [1.54, 1.807) is 6.07 Å². The topological polar surface area (TPSA) is 57.6 Å². The fourth-order valence-corrected chi connectivity index (χ4v) is 2.28. The number of carboxylic acids is 1. The molecule has 1 N–H and O–H groups in total. The van der Waals surface area contributed by atoms with Gasteiger partial charge in [-0.15, -0.1) is 0 Å². The van der Waals surface area contributed by atoms with E-state index < -0.39 is 5.97 Å². The average molecular weight is 247 g/mol. The molecule has 0 spiro atoms. The number of hydrogen-bond donors (Lipinski definition) is 1. The molecule has 18 heavy (non-hydrogen) atoms. The zero-order valence-electron chi connectivity index (χ0n) is 10.5. The molecule has 0 amide bonds. The van der Waals surface area contributed by atoms with Crippen molar-refractivity contribution in [3.05, 3.63) is 34.9 Å². The van der Waals surface area contributed by atoms with E-state index in [1.165, 1.54) is 12.1 Å².